The normalized spacial score (nSPS) is 15.2. The second-order valence-corrected chi connectivity index (χ2v) is 8.97. The van der Waals surface area contributed by atoms with Crippen LogP contribution < -0.4 is 9.64 Å². The van der Waals surface area contributed by atoms with Crippen molar-refractivity contribution in [2.45, 2.75) is 39.7 Å². The van der Waals surface area contributed by atoms with Gasteiger partial charge in [0.2, 0.25) is 0 Å². The highest BCUT2D eigenvalue weighted by Crippen LogP contribution is 2.40. The number of hydrogen-bond donors (Lipinski definition) is 1. The Morgan fingerprint density at radius 3 is 2.41 bits per heavy atom. The molecule has 1 N–H and O–H groups in total. The minimum Gasteiger partial charge on any atom is -0.481 e. The maximum atomic E-state index is 11.0. The molecule has 172 valence electrons. The lowest BCUT2D eigenvalue weighted by atomic mass is 9.93. The molecule has 0 radical (unpaired) electrons. The van der Waals surface area contributed by atoms with Crippen LogP contribution in [0, 0.1) is 26.2 Å². The number of terminal acetylenes is 1. The summed E-state index contributed by atoms with van der Waals surface area (Å²) in [7, 11) is 0. The molecule has 0 aromatic heterocycles. The molecule has 1 atom stereocenters. The lowest BCUT2D eigenvalue weighted by molar-refractivity contribution is 0.369. The molecular formula is C30H30N2O2. The standard InChI is InChI=1S/C30H30N2O2/c1-6-15-34-26-11-12-28-27(19-26)29(25-9-7-24(8-10-25)20(2)3)31-30(33)32(28)14-13-23-17-21(4)16-22(5)18-23/h1,7-14,16-20,29H,15H2,2-5H3,(H,31,33)/b14-13+. The third-order valence-corrected chi connectivity index (χ3v) is 5.91. The number of aliphatic imine (C=N–C) groups is 1. The highest BCUT2D eigenvalue weighted by Gasteiger charge is 2.28. The Kier molecular flexibility index (Phi) is 6.75. The van der Waals surface area contributed by atoms with E-state index in [0.717, 1.165) is 22.4 Å². The molecule has 0 spiro atoms. The second kappa shape index (κ2) is 9.89. The van der Waals surface area contributed by atoms with Crippen molar-refractivity contribution in [2.24, 2.45) is 4.99 Å². The van der Waals surface area contributed by atoms with Crippen molar-refractivity contribution in [1.82, 2.24) is 0 Å². The Bertz CT molecular complexity index is 1260. The van der Waals surface area contributed by atoms with Crippen molar-refractivity contribution in [3.8, 4) is 18.1 Å². The molecule has 1 aliphatic rings. The van der Waals surface area contributed by atoms with Crippen LogP contribution in [0.3, 0.4) is 0 Å². The quantitative estimate of drug-likeness (QED) is 0.414. The first-order valence-corrected chi connectivity index (χ1v) is 11.5. The first kappa shape index (κ1) is 23.2. The molecule has 0 amide bonds. The van der Waals surface area contributed by atoms with E-state index in [9.17, 15) is 5.11 Å². The average molecular weight is 451 g/mol. The van der Waals surface area contributed by atoms with E-state index in [0.29, 0.717) is 11.7 Å². The van der Waals surface area contributed by atoms with Crippen molar-refractivity contribution in [3.63, 3.8) is 0 Å². The Labute approximate surface area is 202 Å². The van der Waals surface area contributed by atoms with E-state index in [1.165, 1.54) is 16.7 Å². The molecule has 4 heteroatoms. The number of rotatable bonds is 6. The number of benzene rings is 3. The molecule has 1 unspecified atom stereocenters. The first-order valence-electron chi connectivity index (χ1n) is 11.5. The monoisotopic (exact) mass is 450 g/mol. The molecule has 0 bridgehead atoms. The van der Waals surface area contributed by atoms with Gasteiger partial charge >= 0.3 is 0 Å². The van der Waals surface area contributed by atoms with E-state index in [-0.39, 0.29) is 18.7 Å². The van der Waals surface area contributed by atoms with Crippen molar-refractivity contribution < 1.29 is 9.84 Å². The molecule has 4 rings (SSSR count). The minimum atomic E-state index is -0.350. The molecule has 4 nitrogen and oxygen atoms in total. The number of aliphatic hydroxyl groups is 1. The lowest BCUT2D eigenvalue weighted by Crippen LogP contribution is -2.30. The predicted octanol–water partition coefficient (Wildman–Crippen LogP) is 6.93. The van der Waals surface area contributed by atoms with E-state index in [4.69, 9.17) is 11.2 Å². The van der Waals surface area contributed by atoms with E-state index in [1.54, 1.807) is 4.90 Å². The number of amidine groups is 1. The highest BCUT2D eigenvalue weighted by molar-refractivity contribution is 5.96. The smallest absolute Gasteiger partial charge is 0.294 e. The van der Waals surface area contributed by atoms with E-state index >= 15 is 0 Å². The predicted molar refractivity (Wildman–Crippen MR) is 141 cm³/mol. The topological polar surface area (TPSA) is 45.1 Å². The van der Waals surface area contributed by atoms with Gasteiger partial charge in [-0.1, -0.05) is 73.4 Å². The summed E-state index contributed by atoms with van der Waals surface area (Å²) in [6.45, 7) is 8.68. The van der Waals surface area contributed by atoms with Crippen LogP contribution in [-0.2, 0) is 0 Å². The Hall–Kier alpha value is -3.97. The molecule has 0 fully saturated rings. The number of fused-ring (bicyclic) bond motifs is 1. The molecule has 3 aromatic rings. The summed E-state index contributed by atoms with van der Waals surface area (Å²) in [6, 6.07) is 20.1. The molecule has 1 aliphatic heterocycles. The number of anilines is 1. The molecule has 0 saturated carbocycles. The summed E-state index contributed by atoms with van der Waals surface area (Å²) in [6.07, 6.45) is 9.22. The van der Waals surface area contributed by atoms with Gasteiger partial charge in [-0.25, -0.2) is 4.99 Å². The zero-order valence-electron chi connectivity index (χ0n) is 20.1. The van der Waals surface area contributed by atoms with Crippen LogP contribution in [0.25, 0.3) is 6.08 Å². The molecule has 34 heavy (non-hydrogen) atoms. The van der Waals surface area contributed by atoms with E-state index < -0.39 is 0 Å². The van der Waals surface area contributed by atoms with Crippen molar-refractivity contribution >= 4 is 17.8 Å². The van der Waals surface area contributed by atoms with Crippen LogP contribution in [-0.4, -0.2) is 17.7 Å². The maximum absolute atomic E-state index is 11.0. The average Bonchev–Trinajstić information content (AvgIpc) is 2.81. The van der Waals surface area contributed by atoms with Crippen LogP contribution in [0.15, 0.2) is 71.9 Å². The van der Waals surface area contributed by atoms with E-state index in [1.807, 2.05) is 30.5 Å². The number of aryl methyl sites for hydroxylation is 2. The molecular weight excluding hydrogens is 420 g/mol. The second-order valence-electron chi connectivity index (χ2n) is 8.97. The third kappa shape index (κ3) is 5.00. The fourth-order valence-electron chi connectivity index (χ4n) is 4.27. The minimum absolute atomic E-state index is 0.0524. The summed E-state index contributed by atoms with van der Waals surface area (Å²) in [5.41, 5.74) is 7.50. The van der Waals surface area contributed by atoms with Gasteiger partial charge in [-0.05, 0) is 60.7 Å². The fourth-order valence-corrected chi connectivity index (χ4v) is 4.27. The fraction of sp³-hybridized carbons (Fsp3) is 0.233. The molecule has 0 aliphatic carbocycles. The maximum Gasteiger partial charge on any atom is 0.294 e. The van der Waals surface area contributed by atoms with Gasteiger partial charge < -0.3 is 9.84 Å². The lowest BCUT2D eigenvalue weighted by Gasteiger charge is -2.30. The molecule has 3 aromatic carbocycles. The van der Waals surface area contributed by atoms with Crippen LogP contribution in [0.4, 0.5) is 5.69 Å². The summed E-state index contributed by atoms with van der Waals surface area (Å²) < 4.78 is 5.69. The molecule has 1 heterocycles. The van der Waals surface area contributed by atoms with Gasteiger partial charge in [0, 0.05) is 11.8 Å². The van der Waals surface area contributed by atoms with Crippen LogP contribution in [0.5, 0.6) is 5.75 Å². The van der Waals surface area contributed by atoms with Crippen LogP contribution >= 0.6 is 0 Å². The van der Waals surface area contributed by atoms with Gasteiger partial charge in [-0.15, -0.1) is 6.42 Å². The third-order valence-electron chi connectivity index (χ3n) is 5.91. The van der Waals surface area contributed by atoms with Crippen molar-refractivity contribution in [3.05, 3.63) is 100 Å². The van der Waals surface area contributed by atoms with Crippen molar-refractivity contribution in [1.29, 1.82) is 0 Å². The first-order chi connectivity index (χ1) is 16.4. The zero-order valence-corrected chi connectivity index (χ0v) is 20.1. The summed E-state index contributed by atoms with van der Waals surface area (Å²) in [5.74, 6) is 3.63. The number of hydrogen-bond acceptors (Lipinski definition) is 3. The zero-order chi connectivity index (χ0) is 24.2. The van der Waals surface area contributed by atoms with Crippen molar-refractivity contribution in [2.75, 3.05) is 11.5 Å². The largest absolute Gasteiger partial charge is 0.481 e. The van der Waals surface area contributed by atoms with Gasteiger partial charge in [-0.2, -0.15) is 0 Å². The Morgan fingerprint density at radius 1 is 1.06 bits per heavy atom. The van der Waals surface area contributed by atoms with Gasteiger partial charge in [0.05, 0.1) is 5.69 Å². The summed E-state index contributed by atoms with van der Waals surface area (Å²) in [5, 5.41) is 11.0. The Morgan fingerprint density at radius 2 is 1.76 bits per heavy atom. The summed E-state index contributed by atoms with van der Waals surface area (Å²) in [4.78, 5) is 6.37. The van der Waals surface area contributed by atoms with E-state index in [2.05, 4.69) is 81.1 Å². The van der Waals surface area contributed by atoms with Crippen LogP contribution in [0.1, 0.15) is 59.2 Å². The molecule has 0 saturated heterocycles. The summed E-state index contributed by atoms with van der Waals surface area (Å²) >= 11 is 0. The Balaban J connectivity index is 1.76. The SMILES string of the molecule is C#CCOc1ccc2c(c1)C(c1ccc(C(C)C)cc1)N=C(O)N2/C=C/c1cc(C)cc(C)c1. The number of ether oxygens (including phenoxy) is 1. The van der Waals surface area contributed by atoms with Gasteiger partial charge in [-0.3, -0.25) is 4.90 Å². The number of aliphatic hydroxyl groups excluding tert-OH is 1. The van der Waals surface area contributed by atoms with Gasteiger partial charge in [0.1, 0.15) is 18.4 Å². The highest BCUT2D eigenvalue weighted by atomic mass is 16.5. The van der Waals surface area contributed by atoms with Crippen LogP contribution in [0.2, 0.25) is 0 Å². The van der Waals surface area contributed by atoms with Gasteiger partial charge in [0.25, 0.3) is 6.02 Å². The van der Waals surface area contributed by atoms with Gasteiger partial charge in [0.15, 0.2) is 0 Å². The number of nitrogens with zero attached hydrogens (tertiary/aromatic N) is 2.